The van der Waals surface area contributed by atoms with Crippen molar-refractivity contribution in [3.63, 3.8) is 0 Å². The fourth-order valence-corrected chi connectivity index (χ4v) is 2.10. The number of carbonyl (C=O) groups is 1. The van der Waals surface area contributed by atoms with Crippen molar-refractivity contribution < 1.29 is 4.79 Å². The summed E-state index contributed by atoms with van der Waals surface area (Å²) in [6.07, 6.45) is 0. The summed E-state index contributed by atoms with van der Waals surface area (Å²) in [6.45, 7) is 9.66. The normalized spacial score (nSPS) is 10.6. The molecule has 0 aliphatic heterocycles. The second-order valence-electron chi connectivity index (χ2n) is 4.95. The lowest BCUT2D eigenvalue weighted by Crippen LogP contribution is -2.04. The van der Waals surface area contributed by atoms with Gasteiger partial charge in [0.1, 0.15) is 0 Å². The van der Waals surface area contributed by atoms with E-state index in [2.05, 4.69) is 42.9 Å². The SMILES string of the molecule is CC(=O)c1nc(C)cc(-c2ccc(C)c(C)c2C)n1. The van der Waals surface area contributed by atoms with Gasteiger partial charge in [0, 0.05) is 18.2 Å². The zero-order valence-corrected chi connectivity index (χ0v) is 12.0. The van der Waals surface area contributed by atoms with Crippen molar-refractivity contribution in [2.45, 2.75) is 34.6 Å². The van der Waals surface area contributed by atoms with Gasteiger partial charge in [-0.2, -0.15) is 0 Å². The van der Waals surface area contributed by atoms with Gasteiger partial charge in [-0.15, -0.1) is 0 Å². The number of hydrogen-bond acceptors (Lipinski definition) is 3. The van der Waals surface area contributed by atoms with Crippen LogP contribution < -0.4 is 0 Å². The number of carbonyl (C=O) groups excluding carboxylic acids is 1. The third kappa shape index (κ3) is 2.55. The Kier molecular flexibility index (Phi) is 3.47. The lowest BCUT2D eigenvalue weighted by atomic mass is 9.96. The molecule has 0 aliphatic carbocycles. The molecule has 0 bridgehead atoms. The largest absolute Gasteiger partial charge is 0.291 e. The van der Waals surface area contributed by atoms with E-state index in [-0.39, 0.29) is 11.6 Å². The number of hydrogen-bond donors (Lipinski definition) is 0. The molecule has 19 heavy (non-hydrogen) atoms. The Hall–Kier alpha value is -2.03. The lowest BCUT2D eigenvalue weighted by molar-refractivity contribution is 0.100. The number of rotatable bonds is 2. The molecule has 3 heteroatoms. The summed E-state index contributed by atoms with van der Waals surface area (Å²) in [5, 5.41) is 0. The van der Waals surface area contributed by atoms with Crippen molar-refractivity contribution in [3.8, 4) is 11.3 Å². The molecular formula is C16H18N2O. The number of Topliss-reactive ketones (excluding diaryl/α,β-unsaturated/α-hetero) is 1. The molecule has 1 aromatic carbocycles. The van der Waals surface area contributed by atoms with Gasteiger partial charge in [-0.3, -0.25) is 4.79 Å². The topological polar surface area (TPSA) is 42.9 Å². The molecule has 1 aromatic heterocycles. The molecule has 3 nitrogen and oxygen atoms in total. The Bertz CT molecular complexity index is 660. The zero-order valence-electron chi connectivity index (χ0n) is 12.0. The standard InChI is InChI=1S/C16H18N2O/c1-9-6-7-14(12(4)11(9)3)15-8-10(2)17-16(18-15)13(5)19/h6-8H,1-5H3. The van der Waals surface area contributed by atoms with Crippen LogP contribution in [0, 0.1) is 27.7 Å². The first-order chi connectivity index (χ1) is 8.90. The first kappa shape index (κ1) is 13.4. The smallest absolute Gasteiger partial charge is 0.196 e. The van der Waals surface area contributed by atoms with Gasteiger partial charge in [0.05, 0.1) is 5.69 Å². The van der Waals surface area contributed by atoms with Crippen LogP contribution in [0.1, 0.15) is 39.9 Å². The first-order valence-electron chi connectivity index (χ1n) is 6.34. The van der Waals surface area contributed by atoms with E-state index in [4.69, 9.17) is 0 Å². The van der Waals surface area contributed by atoms with E-state index in [9.17, 15) is 4.79 Å². The van der Waals surface area contributed by atoms with Crippen molar-refractivity contribution >= 4 is 5.78 Å². The van der Waals surface area contributed by atoms with E-state index >= 15 is 0 Å². The van der Waals surface area contributed by atoms with E-state index in [1.165, 1.54) is 23.6 Å². The maximum absolute atomic E-state index is 11.5. The van der Waals surface area contributed by atoms with Crippen LogP contribution in [0.15, 0.2) is 18.2 Å². The molecule has 0 radical (unpaired) electrons. The van der Waals surface area contributed by atoms with Crippen molar-refractivity contribution in [2.75, 3.05) is 0 Å². The Balaban J connectivity index is 2.65. The van der Waals surface area contributed by atoms with Gasteiger partial charge in [-0.1, -0.05) is 12.1 Å². The van der Waals surface area contributed by atoms with E-state index in [0.717, 1.165) is 17.0 Å². The Morgan fingerprint density at radius 1 is 1.00 bits per heavy atom. The average Bonchev–Trinajstić information content (AvgIpc) is 2.35. The number of aromatic nitrogens is 2. The van der Waals surface area contributed by atoms with Crippen LogP contribution in [-0.2, 0) is 0 Å². The third-order valence-electron chi connectivity index (χ3n) is 3.50. The monoisotopic (exact) mass is 254 g/mol. The third-order valence-corrected chi connectivity index (χ3v) is 3.50. The average molecular weight is 254 g/mol. The quantitative estimate of drug-likeness (QED) is 0.769. The minimum atomic E-state index is -0.105. The molecule has 98 valence electrons. The molecule has 0 spiro atoms. The van der Waals surface area contributed by atoms with E-state index in [1.54, 1.807) is 0 Å². The van der Waals surface area contributed by atoms with Crippen LogP contribution in [0.5, 0.6) is 0 Å². The molecule has 0 saturated heterocycles. The van der Waals surface area contributed by atoms with Gasteiger partial charge in [0.2, 0.25) is 0 Å². The number of nitrogens with zero attached hydrogens (tertiary/aromatic N) is 2. The predicted octanol–water partition coefficient (Wildman–Crippen LogP) is 3.58. The van der Waals surface area contributed by atoms with Crippen molar-refractivity contribution in [1.29, 1.82) is 0 Å². The van der Waals surface area contributed by atoms with Crippen LogP contribution in [0.4, 0.5) is 0 Å². The molecule has 0 saturated carbocycles. The molecule has 1 heterocycles. The highest BCUT2D eigenvalue weighted by Gasteiger charge is 2.11. The summed E-state index contributed by atoms with van der Waals surface area (Å²) in [6, 6.07) is 6.06. The minimum absolute atomic E-state index is 0.105. The minimum Gasteiger partial charge on any atom is -0.291 e. The summed E-state index contributed by atoms with van der Waals surface area (Å²) in [5.41, 5.74) is 6.42. The molecule has 0 amide bonds. The van der Waals surface area contributed by atoms with Crippen LogP contribution in [0.2, 0.25) is 0 Å². The van der Waals surface area contributed by atoms with E-state index in [0.29, 0.717) is 0 Å². The highest BCUT2D eigenvalue weighted by atomic mass is 16.1. The maximum atomic E-state index is 11.5. The second kappa shape index (κ2) is 4.92. The lowest BCUT2D eigenvalue weighted by Gasteiger charge is -2.11. The number of ketones is 1. The Morgan fingerprint density at radius 2 is 1.68 bits per heavy atom. The molecule has 0 unspecified atom stereocenters. The number of benzene rings is 1. The van der Waals surface area contributed by atoms with Crippen LogP contribution in [0.3, 0.4) is 0 Å². The van der Waals surface area contributed by atoms with Crippen LogP contribution in [-0.4, -0.2) is 15.8 Å². The van der Waals surface area contributed by atoms with Gasteiger partial charge in [0.25, 0.3) is 0 Å². The molecule has 0 fully saturated rings. The summed E-state index contributed by atoms with van der Waals surface area (Å²) < 4.78 is 0. The number of aryl methyl sites for hydroxylation is 2. The van der Waals surface area contributed by atoms with E-state index in [1.807, 2.05) is 13.0 Å². The Morgan fingerprint density at radius 3 is 2.32 bits per heavy atom. The Labute approximate surface area is 113 Å². The molecule has 0 aliphatic rings. The fraction of sp³-hybridized carbons (Fsp3) is 0.312. The fourth-order valence-electron chi connectivity index (χ4n) is 2.10. The molecule has 2 rings (SSSR count). The van der Waals surface area contributed by atoms with Gasteiger partial charge in [-0.05, 0) is 50.5 Å². The molecular weight excluding hydrogens is 236 g/mol. The van der Waals surface area contributed by atoms with Gasteiger partial charge in [0.15, 0.2) is 11.6 Å². The highest BCUT2D eigenvalue weighted by Crippen LogP contribution is 2.26. The summed E-state index contributed by atoms with van der Waals surface area (Å²) in [5.74, 6) is 0.180. The maximum Gasteiger partial charge on any atom is 0.196 e. The highest BCUT2D eigenvalue weighted by molar-refractivity contribution is 5.90. The summed E-state index contributed by atoms with van der Waals surface area (Å²) >= 11 is 0. The van der Waals surface area contributed by atoms with Crippen molar-refractivity contribution in [2.24, 2.45) is 0 Å². The summed E-state index contributed by atoms with van der Waals surface area (Å²) in [4.78, 5) is 20.0. The molecule has 0 N–H and O–H groups in total. The van der Waals surface area contributed by atoms with Crippen LogP contribution >= 0.6 is 0 Å². The first-order valence-corrected chi connectivity index (χ1v) is 6.34. The summed E-state index contributed by atoms with van der Waals surface area (Å²) in [7, 11) is 0. The predicted molar refractivity (Wildman–Crippen MR) is 76.4 cm³/mol. The molecule has 2 aromatic rings. The zero-order chi connectivity index (χ0) is 14.2. The van der Waals surface area contributed by atoms with Crippen molar-refractivity contribution in [3.05, 3.63) is 46.4 Å². The van der Waals surface area contributed by atoms with Gasteiger partial charge in [-0.25, -0.2) is 9.97 Å². The second-order valence-corrected chi connectivity index (χ2v) is 4.95. The van der Waals surface area contributed by atoms with E-state index < -0.39 is 0 Å². The van der Waals surface area contributed by atoms with Gasteiger partial charge >= 0.3 is 0 Å². The van der Waals surface area contributed by atoms with Crippen LogP contribution in [0.25, 0.3) is 11.3 Å². The van der Waals surface area contributed by atoms with Gasteiger partial charge < -0.3 is 0 Å². The molecule has 0 atom stereocenters. The van der Waals surface area contributed by atoms with Crippen molar-refractivity contribution in [1.82, 2.24) is 9.97 Å².